The summed E-state index contributed by atoms with van der Waals surface area (Å²) in [6, 6.07) is 5.78. The molecule has 0 aromatic heterocycles. The van der Waals surface area contributed by atoms with Crippen molar-refractivity contribution in [1.29, 1.82) is 0 Å². The Balaban J connectivity index is 1.84. The summed E-state index contributed by atoms with van der Waals surface area (Å²) in [5.41, 5.74) is 2.06. The lowest BCUT2D eigenvalue weighted by Crippen LogP contribution is -2.26. The minimum atomic E-state index is -0.0344. The van der Waals surface area contributed by atoms with Crippen molar-refractivity contribution in [3.8, 4) is 0 Å². The van der Waals surface area contributed by atoms with Gasteiger partial charge in [-0.3, -0.25) is 0 Å². The van der Waals surface area contributed by atoms with Gasteiger partial charge in [-0.25, -0.2) is 4.39 Å². The molecule has 2 heteroatoms. The molecule has 0 saturated heterocycles. The number of fused-ring (bicyclic) bond motifs is 1. The van der Waals surface area contributed by atoms with Crippen LogP contribution in [0.2, 0.25) is 0 Å². The van der Waals surface area contributed by atoms with E-state index in [9.17, 15) is 4.39 Å². The first-order valence-corrected chi connectivity index (χ1v) is 8.21. The van der Waals surface area contributed by atoms with Gasteiger partial charge in [-0.2, -0.15) is 0 Å². The van der Waals surface area contributed by atoms with Crippen LogP contribution < -0.4 is 5.32 Å². The molecule has 0 spiro atoms. The third kappa shape index (κ3) is 2.63. The summed E-state index contributed by atoms with van der Waals surface area (Å²) in [5.74, 6) is 2.32. The van der Waals surface area contributed by atoms with E-state index in [1.165, 1.54) is 25.7 Å². The summed E-state index contributed by atoms with van der Waals surface area (Å²) in [6.07, 6.45) is 6.55. The lowest BCUT2D eigenvalue weighted by molar-refractivity contribution is 0.427. The zero-order chi connectivity index (χ0) is 14.1. The van der Waals surface area contributed by atoms with Gasteiger partial charge in [0.2, 0.25) is 0 Å². The zero-order valence-electron chi connectivity index (χ0n) is 12.7. The molecular formula is C18H26FN. The average molecular weight is 275 g/mol. The van der Waals surface area contributed by atoms with E-state index in [2.05, 4.69) is 19.2 Å². The van der Waals surface area contributed by atoms with Crippen LogP contribution in [0.5, 0.6) is 0 Å². The molecule has 3 unspecified atom stereocenters. The Morgan fingerprint density at radius 2 is 1.95 bits per heavy atom. The van der Waals surface area contributed by atoms with Crippen LogP contribution in [0.1, 0.15) is 56.2 Å². The topological polar surface area (TPSA) is 12.0 Å². The number of rotatable bonds is 5. The fourth-order valence-electron chi connectivity index (χ4n) is 4.20. The minimum absolute atomic E-state index is 0.0344. The van der Waals surface area contributed by atoms with E-state index >= 15 is 0 Å². The van der Waals surface area contributed by atoms with Gasteiger partial charge in [0, 0.05) is 11.6 Å². The highest BCUT2D eigenvalue weighted by molar-refractivity contribution is 5.29. The molecule has 3 atom stereocenters. The largest absolute Gasteiger partial charge is 0.310 e. The van der Waals surface area contributed by atoms with E-state index in [4.69, 9.17) is 0 Å². The van der Waals surface area contributed by atoms with Crippen LogP contribution >= 0.6 is 0 Å². The first-order chi connectivity index (χ1) is 9.72. The van der Waals surface area contributed by atoms with Crippen LogP contribution in [0.25, 0.3) is 0 Å². The van der Waals surface area contributed by atoms with Crippen LogP contribution in [0.15, 0.2) is 18.2 Å². The molecule has 1 nitrogen and oxygen atoms in total. The van der Waals surface area contributed by atoms with Crippen LogP contribution in [0.4, 0.5) is 4.39 Å². The van der Waals surface area contributed by atoms with Crippen LogP contribution in [-0.4, -0.2) is 6.54 Å². The van der Waals surface area contributed by atoms with Gasteiger partial charge in [-0.1, -0.05) is 37.5 Å². The van der Waals surface area contributed by atoms with Crippen molar-refractivity contribution in [2.75, 3.05) is 6.54 Å². The molecule has 2 aliphatic rings. The first-order valence-electron chi connectivity index (χ1n) is 8.21. The number of benzene rings is 1. The van der Waals surface area contributed by atoms with Gasteiger partial charge in [0.05, 0.1) is 0 Å². The maximum Gasteiger partial charge on any atom is 0.128 e. The van der Waals surface area contributed by atoms with E-state index in [0.717, 1.165) is 35.9 Å². The van der Waals surface area contributed by atoms with Gasteiger partial charge in [-0.05, 0) is 56.6 Å². The van der Waals surface area contributed by atoms with Gasteiger partial charge in [0.15, 0.2) is 0 Å². The van der Waals surface area contributed by atoms with E-state index in [0.29, 0.717) is 5.92 Å². The summed E-state index contributed by atoms with van der Waals surface area (Å²) in [6.45, 7) is 5.21. The molecular weight excluding hydrogens is 249 g/mol. The second-order valence-corrected chi connectivity index (χ2v) is 6.65. The highest BCUT2D eigenvalue weighted by atomic mass is 19.1. The molecule has 0 bridgehead atoms. The van der Waals surface area contributed by atoms with Crippen molar-refractivity contribution in [3.05, 3.63) is 35.1 Å². The Bertz CT molecular complexity index is 458. The third-order valence-corrected chi connectivity index (χ3v) is 5.21. The predicted octanol–water partition coefficient (Wildman–Crippen LogP) is 4.61. The fraction of sp³-hybridized carbons (Fsp3) is 0.667. The van der Waals surface area contributed by atoms with Crippen molar-refractivity contribution in [2.45, 2.75) is 52.0 Å². The van der Waals surface area contributed by atoms with Gasteiger partial charge >= 0.3 is 0 Å². The molecule has 1 N–H and O–H groups in total. The number of hydrogen-bond donors (Lipinski definition) is 1. The van der Waals surface area contributed by atoms with Crippen LogP contribution in [0, 0.1) is 30.5 Å². The molecule has 110 valence electrons. The van der Waals surface area contributed by atoms with E-state index in [-0.39, 0.29) is 11.9 Å². The number of hydrogen-bond acceptors (Lipinski definition) is 1. The maximum absolute atomic E-state index is 14.3. The molecule has 20 heavy (non-hydrogen) atoms. The Kier molecular flexibility index (Phi) is 4.11. The first kappa shape index (κ1) is 14.1. The summed E-state index contributed by atoms with van der Waals surface area (Å²) >= 11 is 0. The monoisotopic (exact) mass is 275 g/mol. The summed E-state index contributed by atoms with van der Waals surface area (Å²) < 4.78 is 14.3. The maximum atomic E-state index is 14.3. The van der Waals surface area contributed by atoms with Gasteiger partial charge in [-0.15, -0.1) is 0 Å². The third-order valence-electron chi connectivity index (χ3n) is 5.21. The Labute approximate surface area is 122 Å². The molecule has 1 aromatic carbocycles. The summed E-state index contributed by atoms with van der Waals surface area (Å²) in [5, 5.41) is 3.63. The molecule has 2 fully saturated rings. The average Bonchev–Trinajstić information content (AvgIpc) is 3.17. The summed E-state index contributed by atoms with van der Waals surface area (Å²) in [7, 11) is 0. The van der Waals surface area contributed by atoms with Crippen molar-refractivity contribution < 1.29 is 4.39 Å². The van der Waals surface area contributed by atoms with Crippen molar-refractivity contribution in [3.63, 3.8) is 0 Å². The second kappa shape index (κ2) is 5.85. The standard InChI is InChI=1S/C18H26FN/c1-3-10-20-18(15-11-12(2)8-9-16(15)19)17-13-6-4-5-7-14(13)17/h8-9,11,13-14,17-18,20H,3-7,10H2,1-2H3. The Hall–Kier alpha value is -0.890. The lowest BCUT2D eigenvalue weighted by atomic mass is 9.97. The number of halogens is 1. The smallest absolute Gasteiger partial charge is 0.128 e. The van der Waals surface area contributed by atoms with E-state index in [1.54, 1.807) is 6.07 Å². The highest BCUT2D eigenvalue weighted by Crippen LogP contribution is 2.60. The van der Waals surface area contributed by atoms with Gasteiger partial charge < -0.3 is 5.32 Å². The molecule has 3 rings (SSSR count). The second-order valence-electron chi connectivity index (χ2n) is 6.65. The SMILES string of the molecule is CCCNC(c1cc(C)ccc1F)C1C2CCCCC21. The molecule has 0 radical (unpaired) electrons. The minimum Gasteiger partial charge on any atom is -0.310 e. The molecule has 0 amide bonds. The Morgan fingerprint density at radius 3 is 2.60 bits per heavy atom. The molecule has 0 heterocycles. The highest BCUT2D eigenvalue weighted by Gasteiger charge is 2.54. The van der Waals surface area contributed by atoms with E-state index in [1.807, 2.05) is 12.1 Å². The fourth-order valence-corrected chi connectivity index (χ4v) is 4.20. The number of nitrogens with one attached hydrogen (secondary N) is 1. The molecule has 2 aliphatic carbocycles. The molecule has 1 aromatic rings. The van der Waals surface area contributed by atoms with Crippen molar-refractivity contribution in [1.82, 2.24) is 5.32 Å². The molecule has 2 saturated carbocycles. The summed E-state index contributed by atoms with van der Waals surface area (Å²) in [4.78, 5) is 0. The lowest BCUT2D eigenvalue weighted by Gasteiger charge is -2.21. The van der Waals surface area contributed by atoms with Crippen molar-refractivity contribution >= 4 is 0 Å². The quantitative estimate of drug-likeness (QED) is 0.827. The Morgan fingerprint density at radius 1 is 1.25 bits per heavy atom. The van der Waals surface area contributed by atoms with Crippen LogP contribution in [-0.2, 0) is 0 Å². The zero-order valence-corrected chi connectivity index (χ0v) is 12.7. The van der Waals surface area contributed by atoms with Crippen molar-refractivity contribution in [2.24, 2.45) is 17.8 Å². The predicted molar refractivity (Wildman–Crippen MR) is 81.1 cm³/mol. The van der Waals surface area contributed by atoms with Crippen LogP contribution in [0.3, 0.4) is 0 Å². The van der Waals surface area contributed by atoms with E-state index < -0.39 is 0 Å². The number of aryl methyl sites for hydroxylation is 1. The van der Waals surface area contributed by atoms with Gasteiger partial charge in [0.25, 0.3) is 0 Å². The normalized spacial score (nSPS) is 29.9. The van der Waals surface area contributed by atoms with Gasteiger partial charge in [0.1, 0.15) is 5.82 Å². The molecule has 0 aliphatic heterocycles.